The molecule has 0 amide bonds. The lowest BCUT2D eigenvalue weighted by Gasteiger charge is -2.26. The highest BCUT2D eigenvalue weighted by atomic mass is 127. The maximum atomic E-state index is 11.3. The Labute approximate surface area is 107 Å². The molecule has 1 heterocycles. The second-order valence-electron chi connectivity index (χ2n) is 4.02. The fourth-order valence-corrected chi connectivity index (χ4v) is 2.32. The van der Waals surface area contributed by atoms with Gasteiger partial charge in [0.2, 0.25) is 5.88 Å². The van der Waals surface area contributed by atoms with Crippen molar-refractivity contribution in [1.29, 1.82) is 0 Å². The first kappa shape index (κ1) is 11.8. The van der Waals surface area contributed by atoms with E-state index in [0.29, 0.717) is 9.45 Å². The molecule has 1 aliphatic rings. The molecule has 5 nitrogen and oxygen atoms in total. The number of halogens is 1. The Kier molecular flexibility index (Phi) is 3.80. The van der Waals surface area contributed by atoms with Crippen LogP contribution in [-0.2, 0) is 0 Å². The smallest absolute Gasteiger partial charge is 0.268 e. The van der Waals surface area contributed by atoms with Crippen molar-refractivity contribution in [3.05, 3.63) is 20.3 Å². The molecule has 16 heavy (non-hydrogen) atoms. The topological polar surface area (TPSA) is 81.0 Å². The highest BCUT2D eigenvalue weighted by molar-refractivity contribution is 14.1. The van der Waals surface area contributed by atoms with E-state index in [9.17, 15) is 4.79 Å². The van der Waals surface area contributed by atoms with Crippen LogP contribution in [0.2, 0.25) is 0 Å². The van der Waals surface area contributed by atoms with Crippen molar-refractivity contribution in [3.8, 4) is 5.88 Å². The van der Waals surface area contributed by atoms with Crippen LogP contribution < -0.4 is 16.0 Å². The molecule has 0 bridgehead atoms. The zero-order chi connectivity index (χ0) is 11.5. The number of hydrogen-bond acceptors (Lipinski definition) is 4. The van der Waals surface area contributed by atoms with Crippen LogP contribution in [0.1, 0.15) is 25.7 Å². The van der Waals surface area contributed by atoms with Gasteiger partial charge in [0.05, 0.1) is 6.33 Å². The predicted octanol–water partition coefficient (Wildman–Crippen LogP) is 1.02. The summed E-state index contributed by atoms with van der Waals surface area (Å²) >= 11 is 1.94. The van der Waals surface area contributed by atoms with Crippen molar-refractivity contribution in [1.82, 2.24) is 9.97 Å². The lowest BCUT2D eigenvalue weighted by Crippen LogP contribution is -2.34. The zero-order valence-corrected chi connectivity index (χ0v) is 10.9. The van der Waals surface area contributed by atoms with Crippen molar-refractivity contribution in [2.45, 2.75) is 37.8 Å². The number of H-pyrrole nitrogens is 1. The molecule has 1 saturated carbocycles. The summed E-state index contributed by atoms with van der Waals surface area (Å²) in [7, 11) is 0. The fourth-order valence-electron chi connectivity index (χ4n) is 1.89. The molecule has 3 N–H and O–H groups in total. The van der Waals surface area contributed by atoms with Crippen molar-refractivity contribution in [2.24, 2.45) is 5.73 Å². The predicted molar refractivity (Wildman–Crippen MR) is 68.4 cm³/mol. The Morgan fingerprint density at radius 1 is 1.56 bits per heavy atom. The summed E-state index contributed by atoms with van der Waals surface area (Å²) in [6.07, 6.45) is 5.41. The van der Waals surface area contributed by atoms with Crippen LogP contribution >= 0.6 is 22.6 Å². The van der Waals surface area contributed by atoms with E-state index in [1.165, 1.54) is 6.33 Å². The van der Waals surface area contributed by atoms with Crippen LogP contribution in [0.25, 0.3) is 0 Å². The summed E-state index contributed by atoms with van der Waals surface area (Å²) in [6.45, 7) is 0. The minimum Gasteiger partial charge on any atom is -0.473 e. The first-order valence-electron chi connectivity index (χ1n) is 5.32. The molecule has 2 unspecified atom stereocenters. The van der Waals surface area contributed by atoms with Gasteiger partial charge in [0.15, 0.2) is 0 Å². The quantitative estimate of drug-likeness (QED) is 0.791. The van der Waals surface area contributed by atoms with E-state index in [-0.39, 0.29) is 17.7 Å². The maximum absolute atomic E-state index is 11.3. The van der Waals surface area contributed by atoms with E-state index in [1.807, 2.05) is 22.6 Å². The third-order valence-corrected chi connectivity index (χ3v) is 3.66. The van der Waals surface area contributed by atoms with Crippen LogP contribution in [0.3, 0.4) is 0 Å². The minimum atomic E-state index is -0.161. The first-order chi connectivity index (χ1) is 7.66. The highest BCUT2D eigenvalue weighted by Gasteiger charge is 2.22. The SMILES string of the molecule is NC1CCCC(Oc2nc[nH]c(=O)c2I)C1. The normalized spacial score (nSPS) is 25.4. The molecular formula is C10H14IN3O2. The van der Waals surface area contributed by atoms with Gasteiger partial charge in [0.25, 0.3) is 5.56 Å². The number of nitrogens with two attached hydrogens (primary N) is 1. The Morgan fingerprint density at radius 2 is 2.38 bits per heavy atom. The lowest BCUT2D eigenvalue weighted by molar-refractivity contribution is 0.137. The number of aromatic amines is 1. The molecule has 0 radical (unpaired) electrons. The molecule has 0 spiro atoms. The standard InChI is InChI=1S/C10H14IN3O2/c11-8-9(15)13-5-14-10(8)16-7-3-1-2-6(12)4-7/h5-7H,1-4,12H2,(H,13,14,15). The number of aromatic nitrogens is 2. The van der Waals surface area contributed by atoms with Crippen molar-refractivity contribution in [2.75, 3.05) is 0 Å². The average Bonchev–Trinajstić information content (AvgIpc) is 2.25. The molecule has 6 heteroatoms. The summed E-state index contributed by atoms with van der Waals surface area (Å²) in [5.74, 6) is 0.420. The summed E-state index contributed by atoms with van der Waals surface area (Å²) in [5, 5.41) is 0. The molecule has 88 valence electrons. The third kappa shape index (κ3) is 2.73. The van der Waals surface area contributed by atoms with Crippen LogP contribution in [0, 0.1) is 3.57 Å². The zero-order valence-electron chi connectivity index (χ0n) is 8.78. The van der Waals surface area contributed by atoms with E-state index in [4.69, 9.17) is 10.5 Å². The summed E-state index contributed by atoms with van der Waals surface area (Å²) in [6, 6.07) is 0.207. The molecule has 1 aromatic heterocycles. The van der Waals surface area contributed by atoms with Crippen LogP contribution in [0.4, 0.5) is 0 Å². The highest BCUT2D eigenvalue weighted by Crippen LogP contribution is 2.23. The van der Waals surface area contributed by atoms with Crippen LogP contribution in [0.15, 0.2) is 11.1 Å². The number of rotatable bonds is 2. The van der Waals surface area contributed by atoms with E-state index >= 15 is 0 Å². The van der Waals surface area contributed by atoms with Gasteiger partial charge in [-0.05, 0) is 48.3 Å². The Morgan fingerprint density at radius 3 is 3.12 bits per heavy atom. The molecule has 1 aromatic rings. The van der Waals surface area contributed by atoms with Gasteiger partial charge in [0.1, 0.15) is 9.67 Å². The summed E-state index contributed by atoms with van der Waals surface area (Å²) < 4.78 is 6.22. The van der Waals surface area contributed by atoms with Crippen molar-refractivity contribution in [3.63, 3.8) is 0 Å². The van der Waals surface area contributed by atoms with Crippen molar-refractivity contribution >= 4 is 22.6 Å². The van der Waals surface area contributed by atoms with E-state index in [2.05, 4.69) is 9.97 Å². The van der Waals surface area contributed by atoms with Gasteiger partial charge < -0.3 is 15.5 Å². The number of nitrogens with zero attached hydrogens (tertiary/aromatic N) is 1. The molecule has 2 atom stereocenters. The van der Waals surface area contributed by atoms with E-state index < -0.39 is 0 Å². The van der Waals surface area contributed by atoms with Gasteiger partial charge in [-0.25, -0.2) is 4.98 Å². The van der Waals surface area contributed by atoms with Crippen LogP contribution in [0.5, 0.6) is 5.88 Å². The fraction of sp³-hybridized carbons (Fsp3) is 0.600. The monoisotopic (exact) mass is 335 g/mol. The Bertz CT molecular complexity index is 421. The average molecular weight is 335 g/mol. The van der Waals surface area contributed by atoms with E-state index in [1.54, 1.807) is 0 Å². The second kappa shape index (κ2) is 5.13. The Balaban J connectivity index is 2.08. The number of hydrogen-bond donors (Lipinski definition) is 2. The number of nitrogens with one attached hydrogen (secondary N) is 1. The van der Waals surface area contributed by atoms with Gasteiger partial charge in [-0.1, -0.05) is 0 Å². The summed E-state index contributed by atoms with van der Waals surface area (Å²) in [4.78, 5) is 17.9. The molecule has 0 aromatic carbocycles. The molecular weight excluding hydrogens is 321 g/mol. The third-order valence-electron chi connectivity index (χ3n) is 2.71. The van der Waals surface area contributed by atoms with Gasteiger partial charge >= 0.3 is 0 Å². The number of ether oxygens (including phenoxy) is 1. The van der Waals surface area contributed by atoms with E-state index in [0.717, 1.165) is 25.7 Å². The minimum absolute atomic E-state index is 0.0894. The lowest BCUT2D eigenvalue weighted by atomic mass is 9.94. The summed E-state index contributed by atoms with van der Waals surface area (Å²) in [5.41, 5.74) is 5.72. The molecule has 1 fully saturated rings. The molecule has 2 rings (SSSR count). The van der Waals surface area contributed by atoms with Gasteiger partial charge in [-0.2, -0.15) is 0 Å². The van der Waals surface area contributed by atoms with Crippen LogP contribution in [-0.4, -0.2) is 22.1 Å². The van der Waals surface area contributed by atoms with Crippen molar-refractivity contribution < 1.29 is 4.74 Å². The molecule has 0 saturated heterocycles. The first-order valence-corrected chi connectivity index (χ1v) is 6.40. The largest absolute Gasteiger partial charge is 0.473 e. The second-order valence-corrected chi connectivity index (χ2v) is 5.10. The Hall–Kier alpha value is -0.630. The molecule has 0 aliphatic heterocycles. The van der Waals surface area contributed by atoms with Gasteiger partial charge in [-0.3, -0.25) is 4.79 Å². The maximum Gasteiger partial charge on any atom is 0.268 e. The molecule has 1 aliphatic carbocycles. The van der Waals surface area contributed by atoms with Gasteiger partial charge in [-0.15, -0.1) is 0 Å². The van der Waals surface area contributed by atoms with Gasteiger partial charge in [0, 0.05) is 6.04 Å².